The number of amides is 1. The Morgan fingerprint density at radius 3 is 2.46 bits per heavy atom. The third-order valence-corrected chi connectivity index (χ3v) is 5.36. The number of hydrogen-bond donors (Lipinski definition) is 1. The molecule has 1 aromatic rings. The van der Waals surface area contributed by atoms with Crippen molar-refractivity contribution in [2.75, 3.05) is 37.1 Å². The number of nitrogens with zero attached hydrogens (tertiary/aromatic N) is 2. The highest BCUT2D eigenvalue weighted by molar-refractivity contribution is 7.88. The van der Waals surface area contributed by atoms with Crippen molar-refractivity contribution in [1.82, 2.24) is 4.31 Å². The standard InChI is InChI=1S/C17H27N3O3S/c1-5-17(21)18-15-8-9-16(19(2)3)14(10-15)12-20(24(4,22)23)11-13-6-7-13/h8-10,13H,5-7,11-12H2,1-4H3,(H,18,21). The van der Waals surface area contributed by atoms with Crippen LogP contribution in [0.1, 0.15) is 31.7 Å². The number of carbonyl (C=O) groups excluding carboxylic acids is 1. The zero-order valence-electron chi connectivity index (χ0n) is 14.9. The van der Waals surface area contributed by atoms with E-state index in [1.54, 1.807) is 11.2 Å². The van der Waals surface area contributed by atoms with Crippen LogP contribution in [0.5, 0.6) is 0 Å². The number of anilines is 2. The van der Waals surface area contributed by atoms with Gasteiger partial charge in [-0.3, -0.25) is 4.79 Å². The zero-order chi connectivity index (χ0) is 17.9. The first-order valence-electron chi connectivity index (χ1n) is 8.26. The topological polar surface area (TPSA) is 69.7 Å². The molecule has 7 heteroatoms. The van der Waals surface area contributed by atoms with Crippen molar-refractivity contribution in [3.05, 3.63) is 23.8 Å². The lowest BCUT2D eigenvalue weighted by Crippen LogP contribution is -2.32. The van der Waals surface area contributed by atoms with Gasteiger partial charge in [-0.15, -0.1) is 0 Å². The highest BCUT2D eigenvalue weighted by Crippen LogP contribution is 2.32. The quantitative estimate of drug-likeness (QED) is 0.778. The Hall–Kier alpha value is -1.60. The first kappa shape index (κ1) is 18.7. The van der Waals surface area contributed by atoms with E-state index in [0.717, 1.165) is 24.1 Å². The fraction of sp³-hybridized carbons (Fsp3) is 0.588. The van der Waals surface area contributed by atoms with Gasteiger partial charge in [0.25, 0.3) is 0 Å². The molecular weight excluding hydrogens is 326 g/mol. The third kappa shape index (κ3) is 5.21. The molecule has 0 aromatic heterocycles. The van der Waals surface area contributed by atoms with Gasteiger partial charge in [0.2, 0.25) is 15.9 Å². The Balaban J connectivity index is 2.29. The van der Waals surface area contributed by atoms with Gasteiger partial charge in [-0.2, -0.15) is 4.31 Å². The lowest BCUT2D eigenvalue weighted by atomic mass is 10.1. The fourth-order valence-electron chi connectivity index (χ4n) is 2.57. The van der Waals surface area contributed by atoms with Gasteiger partial charge in [0, 0.05) is 45.0 Å². The highest BCUT2D eigenvalue weighted by Gasteiger charge is 2.29. The molecule has 1 aliphatic rings. The van der Waals surface area contributed by atoms with E-state index in [9.17, 15) is 13.2 Å². The Kier molecular flexibility index (Phi) is 5.87. The maximum absolute atomic E-state index is 12.1. The van der Waals surface area contributed by atoms with E-state index in [1.165, 1.54) is 6.26 Å². The molecule has 6 nitrogen and oxygen atoms in total. The van der Waals surface area contributed by atoms with Crippen LogP contribution in [0.15, 0.2) is 18.2 Å². The van der Waals surface area contributed by atoms with E-state index in [1.807, 2.05) is 37.2 Å². The fourth-order valence-corrected chi connectivity index (χ4v) is 3.43. The summed E-state index contributed by atoms with van der Waals surface area (Å²) in [7, 11) is 0.577. The lowest BCUT2D eigenvalue weighted by molar-refractivity contribution is -0.115. The minimum absolute atomic E-state index is 0.0588. The lowest BCUT2D eigenvalue weighted by Gasteiger charge is -2.24. The van der Waals surface area contributed by atoms with Crippen LogP contribution in [0.4, 0.5) is 11.4 Å². The Morgan fingerprint density at radius 2 is 1.96 bits per heavy atom. The predicted octanol–water partition coefficient (Wildman–Crippen LogP) is 2.27. The Labute approximate surface area is 144 Å². The van der Waals surface area contributed by atoms with Gasteiger partial charge in [-0.05, 0) is 42.5 Å². The molecule has 1 amide bonds. The van der Waals surface area contributed by atoms with E-state index in [-0.39, 0.29) is 5.91 Å². The molecule has 0 atom stereocenters. The second-order valence-electron chi connectivity index (χ2n) is 6.64. The summed E-state index contributed by atoms with van der Waals surface area (Å²) in [6.45, 7) is 2.68. The van der Waals surface area contributed by atoms with Gasteiger partial charge < -0.3 is 10.2 Å². The van der Waals surface area contributed by atoms with Gasteiger partial charge in [-0.25, -0.2) is 8.42 Å². The number of nitrogens with one attached hydrogen (secondary N) is 1. The van der Waals surface area contributed by atoms with Crippen LogP contribution in [0, 0.1) is 5.92 Å². The van der Waals surface area contributed by atoms with Crippen molar-refractivity contribution < 1.29 is 13.2 Å². The Bertz CT molecular complexity index is 697. The van der Waals surface area contributed by atoms with Gasteiger partial charge in [0.05, 0.1) is 6.26 Å². The van der Waals surface area contributed by atoms with Crippen molar-refractivity contribution in [3.63, 3.8) is 0 Å². The summed E-state index contributed by atoms with van der Waals surface area (Å²) in [5.74, 6) is 0.419. The average Bonchev–Trinajstić information content (AvgIpc) is 3.29. The predicted molar refractivity (Wildman–Crippen MR) is 97.7 cm³/mol. The number of sulfonamides is 1. The molecule has 0 bridgehead atoms. The number of rotatable bonds is 8. The molecule has 0 aliphatic heterocycles. The summed E-state index contributed by atoms with van der Waals surface area (Å²) in [5, 5.41) is 2.84. The monoisotopic (exact) mass is 353 g/mol. The maximum atomic E-state index is 12.1. The van der Waals surface area contributed by atoms with Crippen molar-refractivity contribution in [3.8, 4) is 0 Å². The highest BCUT2D eigenvalue weighted by atomic mass is 32.2. The molecule has 1 saturated carbocycles. The van der Waals surface area contributed by atoms with Crippen LogP contribution in [0.3, 0.4) is 0 Å². The number of benzene rings is 1. The Morgan fingerprint density at radius 1 is 1.29 bits per heavy atom. The van der Waals surface area contributed by atoms with E-state index in [4.69, 9.17) is 0 Å². The summed E-state index contributed by atoms with van der Waals surface area (Å²) in [6.07, 6.45) is 3.85. The molecule has 0 radical (unpaired) electrons. The molecule has 1 aromatic carbocycles. The minimum Gasteiger partial charge on any atom is -0.377 e. The molecule has 2 rings (SSSR count). The zero-order valence-corrected chi connectivity index (χ0v) is 15.7. The van der Waals surface area contributed by atoms with Crippen LogP contribution < -0.4 is 10.2 Å². The van der Waals surface area contributed by atoms with Gasteiger partial charge in [0.1, 0.15) is 0 Å². The third-order valence-electron chi connectivity index (χ3n) is 4.14. The second kappa shape index (κ2) is 7.53. The summed E-state index contributed by atoms with van der Waals surface area (Å²) < 4.78 is 25.8. The van der Waals surface area contributed by atoms with Crippen LogP contribution >= 0.6 is 0 Å². The molecule has 0 heterocycles. The smallest absolute Gasteiger partial charge is 0.224 e. The second-order valence-corrected chi connectivity index (χ2v) is 8.62. The maximum Gasteiger partial charge on any atom is 0.224 e. The summed E-state index contributed by atoms with van der Waals surface area (Å²) in [5.41, 5.74) is 2.54. The normalized spacial score (nSPS) is 14.7. The summed E-state index contributed by atoms with van der Waals surface area (Å²) >= 11 is 0. The van der Waals surface area contributed by atoms with E-state index in [2.05, 4.69) is 5.32 Å². The summed E-state index contributed by atoms with van der Waals surface area (Å²) in [4.78, 5) is 13.6. The SMILES string of the molecule is CCC(=O)Nc1ccc(N(C)C)c(CN(CC2CC2)S(C)(=O)=O)c1. The van der Waals surface area contributed by atoms with E-state index < -0.39 is 10.0 Å². The first-order valence-corrected chi connectivity index (χ1v) is 10.1. The van der Waals surface area contributed by atoms with Crippen molar-refractivity contribution in [2.24, 2.45) is 5.92 Å². The van der Waals surface area contributed by atoms with Crippen LogP contribution in [0.2, 0.25) is 0 Å². The van der Waals surface area contributed by atoms with E-state index in [0.29, 0.717) is 31.1 Å². The molecule has 1 fully saturated rings. The largest absolute Gasteiger partial charge is 0.377 e. The number of carbonyl (C=O) groups is 1. The summed E-state index contributed by atoms with van der Waals surface area (Å²) in [6, 6.07) is 5.63. The minimum atomic E-state index is -3.27. The molecule has 134 valence electrons. The van der Waals surface area contributed by atoms with Crippen LogP contribution in [0.25, 0.3) is 0 Å². The van der Waals surface area contributed by atoms with Crippen molar-refractivity contribution in [2.45, 2.75) is 32.7 Å². The van der Waals surface area contributed by atoms with Gasteiger partial charge >= 0.3 is 0 Å². The molecule has 1 N–H and O–H groups in total. The van der Waals surface area contributed by atoms with Crippen LogP contribution in [-0.4, -0.2) is 45.5 Å². The molecule has 0 unspecified atom stereocenters. The average molecular weight is 353 g/mol. The van der Waals surface area contributed by atoms with Crippen molar-refractivity contribution in [1.29, 1.82) is 0 Å². The van der Waals surface area contributed by atoms with Gasteiger partial charge in [-0.1, -0.05) is 6.92 Å². The molecule has 1 aliphatic carbocycles. The molecule has 0 spiro atoms. The molecule has 24 heavy (non-hydrogen) atoms. The molecular formula is C17H27N3O3S. The van der Waals surface area contributed by atoms with Gasteiger partial charge in [0.15, 0.2) is 0 Å². The van der Waals surface area contributed by atoms with Crippen LogP contribution in [-0.2, 0) is 21.4 Å². The van der Waals surface area contributed by atoms with E-state index >= 15 is 0 Å². The first-order chi connectivity index (χ1) is 11.2. The molecule has 0 saturated heterocycles. The van der Waals surface area contributed by atoms with Crippen molar-refractivity contribution >= 4 is 27.3 Å². The number of hydrogen-bond acceptors (Lipinski definition) is 4.